The number of benzene rings is 1. The molecule has 9 heteroatoms. The quantitative estimate of drug-likeness (QED) is 0.373. The summed E-state index contributed by atoms with van der Waals surface area (Å²) in [6.45, 7) is 6.15. The van der Waals surface area contributed by atoms with Gasteiger partial charge in [-0.25, -0.2) is 0 Å². The first kappa shape index (κ1) is 23.9. The molecule has 1 N–H and O–H groups in total. The highest BCUT2D eigenvalue weighted by Gasteiger charge is 2.16. The molecule has 0 fully saturated rings. The molecule has 7 nitrogen and oxygen atoms in total. The number of amides is 1. The molecule has 162 valence electrons. The third-order valence-electron chi connectivity index (χ3n) is 3.86. The van der Waals surface area contributed by atoms with Gasteiger partial charge < -0.3 is 19.5 Å². The third-order valence-corrected chi connectivity index (χ3v) is 5.72. The van der Waals surface area contributed by atoms with Crippen molar-refractivity contribution in [3.8, 4) is 11.5 Å². The number of nitrogens with one attached hydrogen (secondary N) is 1. The summed E-state index contributed by atoms with van der Waals surface area (Å²) in [5.41, 5.74) is 0.674. The van der Waals surface area contributed by atoms with Crippen molar-refractivity contribution >= 4 is 44.9 Å². The van der Waals surface area contributed by atoms with E-state index in [1.54, 1.807) is 24.3 Å². The van der Waals surface area contributed by atoms with E-state index in [9.17, 15) is 14.4 Å². The van der Waals surface area contributed by atoms with E-state index in [2.05, 4.69) is 21.2 Å². The third kappa shape index (κ3) is 7.14. The van der Waals surface area contributed by atoms with Gasteiger partial charge in [-0.15, -0.1) is 11.3 Å². The molecule has 0 atom stereocenters. The van der Waals surface area contributed by atoms with Crippen LogP contribution in [0.25, 0.3) is 0 Å². The minimum atomic E-state index is -0.523. The van der Waals surface area contributed by atoms with Crippen LogP contribution in [0, 0.1) is 0 Å². The van der Waals surface area contributed by atoms with Gasteiger partial charge in [0.05, 0.1) is 31.1 Å². The Morgan fingerprint density at radius 2 is 1.73 bits per heavy atom. The minimum absolute atomic E-state index is 0.0153. The maximum Gasteiger partial charge on any atom is 0.310 e. The first-order valence-corrected chi connectivity index (χ1v) is 11.0. The molecule has 0 aliphatic carbocycles. The first-order chi connectivity index (χ1) is 14.3. The number of esters is 1. The fraction of sp³-hybridized carbons (Fsp3) is 0.381. The van der Waals surface area contributed by atoms with Gasteiger partial charge in [-0.1, -0.05) is 15.9 Å². The average Bonchev–Trinajstić information content (AvgIpc) is 3.17. The number of carbonyl (C=O) groups excluding carboxylic acids is 3. The maximum absolute atomic E-state index is 12.3. The average molecular weight is 498 g/mol. The molecule has 0 saturated carbocycles. The van der Waals surface area contributed by atoms with Crippen LogP contribution >= 0.6 is 27.3 Å². The fourth-order valence-electron chi connectivity index (χ4n) is 2.51. The van der Waals surface area contributed by atoms with Gasteiger partial charge in [0.2, 0.25) is 11.7 Å². The van der Waals surface area contributed by atoms with E-state index in [0.717, 1.165) is 4.88 Å². The van der Waals surface area contributed by atoms with Gasteiger partial charge in [0.15, 0.2) is 18.1 Å². The SMILES string of the molecule is CCOc1cc(Br)c(CC(=O)OCC(=O)c2ccc(CNC(C)=O)s2)cc1OCC. The Labute approximate surface area is 187 Å². The molecule has 0 spiro atoms. The molecule has 0 aliphatic heterocycles. The number of hydrogen-bond donors (Lipinski definition) is 1. The molecule has 1 aromatic carbocycles. The van der Waals surface area contributed by atoms with E-state index in [4.69, 9.17) is 14.2 Å². The molecule has 0 aliphatic rings. The molecule has 0 unspecified atom stereocenters. The van der Waals surface area contributed by atoms with Crippen LogP contribution in [0.3, 0.4) is 0 Å². The van der Waals surface area contributed by atoms with E-state index in [-0.39, 0.29) is 24.7 Å². The standard InChI is InChI=1S/C21H24BrNO6S/c1-4-27-18-8-14(16(22)10-19(18)28-5-2)9-21(26)29-12-17(25)20-7-6-15(30-20)11-23-13(3)24/h6-8,10H,4-5,9,11-12H2,1-3H3,(H,23,24). The largest absolute Gasteiger partial charge is 0.490 e. The van der Waals surface area contributed by atoms with Crippen LogP contribution in [0.2, 0.25) is 0 Å². The molecule has 0 saturated heterocycles. The number of hydrogen-bond acceptors (Lipinski definition) is 7. The van der Waals surface area contributed by atoms with Crippen molar-refractivity contribution in [1.82, 2.24) is 5.32 Å². The Morgan fingerprint density at radius 3 is 2.37 bits per heavy atom. The lowest BCUT2D eigenvalue weighted by Gasteiger charge is -2.14. The van der Waals surface area contributed by atoms with Crippen LogP contribution in [0.1, 0.15) is 40.9 Å². The predicted molar refractivity (Wildman–Crippen MR) is 117 cm³/mol. The second kappa shape index (κ2) is 11.7. The molecule has 1 aromatic heterocycles. The minimum Gasteiger partial charge on any atom is -0.490 e. The molecule has 0 bridgehead atoms. The van der Waals surface area contributed by atoms with Crippen molar-refractivity contribution < 1.29 is 28.6 Å². The summed E-state index contributed by atoms with van der Waals surface area (Å²) in [5, 5.41) is 2.67. The van der Waals surface area contributed by atoms with Crippen LogP contribution < -0.4 is 14.8 Å². The van der Waals surface area contributed by atoms with Crippen LogP contribution in [0.15, 0.2) is 28.7 Å². The lowest BCUT2D eigenvalue weighted by Crippen LogP contribution is -2.18. The lowest BCUT2D eigenvalue weighted by atomic mass is 10.1. The smallest absolute Gasteiger partial charge is 0.310 e. The summed E-state index contributed by atoms with van der Waals surface area (Å²) < 4.78 is 17.0. The summed E-state index contributed by atoms with van der Waals surface area (Å²) in [6.07, 6.45) is -0.0153. The van der Waals surface area contributed by atoms with Crippen molar-refractivity contribution in [2.75, 3.05) is 19.8 Å². The highest BCUT2D eigenvalue weighted by Crippen LogP contribution is 2.34. The van der Waals surface area contributed by atoms with Crippen molar-refractivity contribution in [2.45, 2.75) is 33.7 Å². The second-order valence-electron chi connectivity index (χ2n) is 6.19. The number of ether oxygens (including phenoxy) is 3. The summed E-state index contributed by atoms with van der Waals surface area (Å²) >= 11 is 4.70. The Kier molecular flexibility index (Phi) is 9.32. The van der Waals surface area contributed by atoms with Crippen molar-refractivity contribution in [1.29, 1.82) is 0 Å². The normalized spacial score (nSPS) is 10.4. The Balaban J connectivity index is 1.95. The number of halogens is 1. The van der Waals surface area contributed by atoms with E-state index in [0.29, 0.717) is 46.2 Å². The van der Waals surface area contributed by atoms with E-state index >= 15 is 0 Å². The van der Waals surface area contributed by atoms with E-state index in [1.807, 2.05) is 13.8 Å². The number of Topliss-reactive ketones (excluding diaryl/α,β-unsaturated/α-hetero) is 1. The Morgan fingerprint density at radius 1 is 1.07 bits per heavy atom. The number of carbonyl (C=O) groups is 3. The maximum atomic E-state index is 12.3. The highest BCUT2D eigenvalue weighted by atomic mass is 79.9. The molecular formula is C21H24BrNO6S. The van der Waals surface area contributed by atoms with Gasteiger partial charge in [0.1, 0.15) is 0 Å². The van der Waals surface area contributed by atoms with Gasteiger partial charge in [-0.3, -0.25) is 14.4 Å². The van der Waals surface area contributed by atoms with Gasteiger partial charge in [-0.2, -0.15) is 0 Å². The van der Waals surface area contributed by atoms with Crippen molar-refractivity contribution in [2.24, 2.45) is 0 Å². The number of rotatable bonds is 11. The van der Waals surface area contributed by atoms with Crippen molar-refractivity contribution in [3.63, 3.8) is 0 Å². The first-order valence-electron chi connectivity index (χ1n) is 9.44. The van der Waals surface area contributed by atoms with Gasteiger partial charge >= 0.3 is 5.97 Å². The predicted octanol–water partition coefficient (Wildman–Crippen LogP) is 3.91. The van der Waals surface area contributed by atoms with Gasteiger partial charge in [0, 0.05) is 16.3 Å². The van der Waals surface area contributed by atoms with E-state index in [1.165, 1.54) is 18.3 Å². The Bertz CT molecular complexity index is 911. The monoisotopic (exact) mass is 497 g/mol. The molecule has 2 rings (SSSR count). The Hall–Kier alpha value is -2.39. The fourth-order valence-corrected chi connectivity index (χ4v) is 3.84. The summed E-state index contributed by atoms with van der Waals surface area (Å²) in [5.74, 6) is 0.185. The molecule has 2 aromatic rings. The zero-order valence-corrected chi connectivity index (χ0v) is 19.5. The molecule has 1 amide bonds. The van der Waals surface area contributed by atoms with Crippen LogP contribution in [-0.2, 0) is 27.3 Å². The summed E-state index contributed by atoms with van der Waals surface area (Å²) in [4.78, 5) is 36.8. The highest BCUT2D eigenvalue weighted by molar-refractivity contribution is 9.10. The lowest BCUT2D eigenvalue weighted by molar-refractivity contribution is -0.141. The van der Waals surface area contributed by atoms with Crippen LogP contribution in [0.4, 0.5) is 0 Å². The van der Waals surface area contributed by atoms with Crippen molar-refractivity contribution in [3.05, 3.63) is 44.1 Å². The number of ketones is 1. The zero-order chi connectivity index (χ0) is 22.1. The molecule has 30 heavy (non-hydrogen) atoms. The molecular weight excluding hydrogens is 474 g/mol. The van der Waals surface area contributed by atoms with Crippen LogP contribution in [-0.4, -0.2) is 37.5 Å². The van der Waals surface area contributed by atoms with Crippen LogP contribution in [0.5, 0.6) is 11.5 Å². The molecule has 1 heterocycles. The zero-order valence-electron chi connectivity index (χ0n) is 17.1. The summed E-state index contributed by atoms with van der Waals surface area (Å²) in [7, 11) is 0. The topological polar surface area (TPSA) is 90.9 Å². The number of thiophene rings is 1. The van der Waals surface area contributed by atoms with Gasteiger partial charge in [0.25, 0.3) is 0 Å². The van der Waals surface area contributed by atoms with Gasteiger partial charge in [-0.05, 0) is 43.7 Å². The second-order valence-corrected chi connectivity index (χ2v) is 8.22. The summed E-state index contributed by atoms with van der Waals surface area (Å²) in [6, 6.07) is 6.91. The van der Waals surface area contributed by atoms with E-state index < -0.39 is 5.97 Å². The molecule has 0 radical (unpaired) electrons.